The summed E-state index contributed by atoms with van der Waals surface area (Å²) in [6.07, 6.45) is 0.253. The number of nitrogens with one attached hydrogen (secondary N) is 1. The number of rotatable bonds is 5. The topological polar surface area (TPSA) is 37.4 Å². The number of hydrogen-bond donors (Lipinski definition) is 1. The molecule has 2 heterocycles. The molecule has 1 aliphatic rings. The van der Waals surface area contributed by atoms with Crippen LogP contribution in [-0.4, -0.2) is 37.3 Å². The Hall–Kier alpha value is -0.840. The van der Waals surface area contributed by atoms with Gasteiger partial charge in [0.2, 0.25) is 0 Å². The second-order valence-electron chi connectivity index (χ2n) is 5.75. The van der Waals surface area contributed by atoms with Crippen LogP contribution in [0.3, 0.4) is 0 Å². The Kier molecular flexibility index (Phi) is 5.64. The largest absolute Gasteiger partial charge is 0.375 e. The van der Waals surface area contributed by atoms with Crippen LogP contribution in [0, 0.1) is 5.92 Å². The SMILES string of the molecule is CC(C)CNCc1nc(N2CCOC(C)C2)ccc1Cl. The van der Waals surface area contributed by atoms with Gasteiger partial charge in [0.05, 0.1) is 23.4 Å². The van der Waals surface area contributed by atoms with Gasteiger partial charge in [-0.3, -0.25) is 0 Å². The van der Waals surface area contributed by atoms with Crippen molar-refractivity contribution in [2.75, 3.05) is 31.1 Å². The molecule has 5 heteroatoms. The molecule has 0 spiro atoms. The molecular formula is C15H24ClN3O. The van der Waals surface area contributed by atoms with Gasteiger partial charge in [-0.15, -0.1) is 0 Å². The number of morpholine rings is 1. The van der Waals surface area contributed by atoms with E-state index in [4.69, 9.17) is 21.3 Å². The highest BCUT2D eigenvalue weighted by Crippen LogP contribution is 2.21. The minimum absolute atomic E-state index is 0.253. The summed E-state index contributed by atoms with van der Waals surface area (Å²) in [4.78, 5) is 6.96. The maximum absolute atomic E-state index is 6.23. The van der Waals surface area contributed by atoms with Gasteiger partial charge in [-0.05, 0) is 31.5 Å². The third-order valence-electron chi connectivity index (χ3n) is 3.31. The molecule has 1 N–H and O–H groups in total. The zero-order valence-corrected chi connectivity index (χ0v) is 13.3. The molecule has 1 atom stereocenters. The normalized spacial score (nSPS) is 19.6. The van der Waals surface area contributed by atoms with Gasteiger partial charge < -0.3 is 15.0 Å². The number of hydrogen-bond acceptors (Lipinski definition) is 4. The predicted octanol–water partition coefficient (Wildman–Crippen LogP) is 2.71. The zero-order chi connectivity index (χ0) is 14.5. The number of nitrogens with zero attached hydrogens (tertiary/aromatic N) is 2. The van der Waals surface area contributed by atoms with E-state index in [1.165, 1.54) is 0 Å². The monoisotopic (exact) mass is 297 g/mol. The van der Waals surface area contributed by atoms with E-state index < -0.39 is 0 Å². The molecule has 1 aromatic rings. The smallest absolute Gasteiger partial charge is 0.129 e. The molecule has 1 fully saturated rings. The van der Waals surface area contributed by atoms with Crippen LogP contribution in [-0.2, 0) is 11.3 Å². The molecule has 4 nitrogen and oxygen atoms in total. The first-order valence-electron chi connectivity index (χ1n) is 7.29. The summed E-state index contributed by atoms with van der Waals surface area (Å²) in [6, 6.07) is 3.93. The van der Waals surface area contributed by atoms with E-state index in [2.05, 4.69) is 31.0 Å². The van der Waals surface area contributed by atoms with Crippen molar-refractivity contribution >= 4 is 17.4 Å². The number of ether oxygens (including phenoxy) is 1. The highest BCUT2D eigenvalue weighted by atomic mass is 35.5. The molecule has 0 amide bonds. The standard InChI is InChI=1S/C15H24ClN3O/c1-11(2)8-17-9-14-13(16)4-5-15(18-14)19-6-7-20-12(3)10-19/h4-5,11-12,17H,6-10H2,1-3H3. The van der Waals surface area contributed by atoms with E-state index >= 15 is 0 Å². The van der Waals surface area contributed by atoms with Crippen LogP contribution < -0.4 is 10.2 Å². The Balaban J connectivity index is 2.03. The summed E-state index contributed by atoms with van der Waals surface area (Å²) < 4.78 is 5.57. The second kappa shape index (κ2) is 7.25. The first-order chi connectivity index (χ1) is 9.56. The number of halogens is 1. The Bertz CT molecular complexity index is 439. The van der Waals surface area contributed by atoms with Crippen LogP contribution in [0.15, 0.2) is 12.1 Å². The van der Waals surface area contributed by atoms with Gasteiger partial charge in [0.25, 0.3) is 0 Å². The molecule has 1 saturated heterocycles. The van der Waals surface area contributed by atoms with Crippen LogP contribution in [0.25, 0.3) is 0 Å². The van der Waals surface area contributed by atoms with Crippen LogP contribution in [0.4, 0.5) is 5.82 Å². The first-order valence-corrected chi connectivity index (χ1v) is 7.66. The number of aromatic nitrogens is 1. The van der Waals surface area contributed by atoms with E-state index in [0.717, 1.165) is 42.8 Å². The summed E-state index contributed by atoms with van der Waals surface area (Å²) in [5, 5.41) is 4.12. The van der Waals surface area contributed by atoms with Gasteiger partial charge >= 0.3 is 0 Å². The number of anilines is 1. The van der Waals surface area contributed by atoms with Crippen molar-refractivity contribution in [3.8, 4) is 0 Å². The maximum atomic E-state index is 6.23. The van der Waals surface area contributed by atoms with Gasteiger partial charge in [-0.25, -0.2) is 4.98 Å². The van der Waals surface area contributed by atoms with E-state index in [1.54, 1.807) is 0 Å². The van der Waals surface area contributed by atoms with Crippen LogP contribution in [0.5, 0.6) is 0 Å². The van der Waals surface area contributed by atoms with Crippen molar-refractivity contribution in [3.63, 3.8) is 0 Å². The Morgan fingerprint density at radius 3 is 3.00 bits per heavy atom. The highest BCUT2D eigenvalue weighted by molar-refractivity contribution is 6.31. The summed E-state index contributed by atoms with van der Waals surface area (Å²) in [6.45, 7) is 10.7. The lowest BCUT2D eigenvalue weighted by Crippen LogP contribution is -2.41. The predicted molar refractivity (Wildman–Crippen MR) is 83.4 cm³/mol. The lowest BCUT2D eigenvalue weighted by atomic mass is 10.2. The lowest BCUT2D eigenvalue weighted by molar-refractivity contribution is 0.0529. The number of pyridine rings is 1. The van der Waals surface area contributed by atoms with Crippen LogP contribution in [0.1, 0.15) is 26.5 Å². The molecule has 1 aromatic heterocycles. The van der Waals surface area contributed by atoms with Crippen molar-refractivity contribution in [2.24, 2.45) is 5.92 Å². The molecular weight excluding hydrogens is 274 g/mol. The molecule has 0 saturated carbocycles. The minimum Gasteiger partial charge on any atom is -0.375 e. The van der Waals surface area contributed by atoms with E-state index in [0.29, 0.717) is 12.5 Å². The molecule has 0 bridgehead atoms. The van der Waals surface area contributed by atoms with Gasteiger partial charge in [-0.2, -0.15) is 0 Å². The Labute approximate surface area is 126 Å². The minimum atomic E-state index is 0.253. The summed E-state index contributed by atoms with van der Waals surface area (Å²) in [5.41, 5.74) is 0.920. The molecule has 20 heavy (non-hydrogen) atoms. The van der Waals surface area contributed by atoms with Crippen LogP contribution >= 0.6 is 11.6 Å². The van der Waals surface area contributed by atoms with Crippen molar-refractivity contribution in [1.29, 1.82) is 0 Å². The molecule has 2 rings (SSSR count). The fraction of sp³-hybridized carbons (Fsp3) is 0.667. The van der Waals surface area contributed by atoms with Gasteiger partial charge in [-0.1, -0.05) is 25.4 Å². The summed E-state index contributed by atoms with van der Waals surface area (Å²) in [5.74, 6) is 1.61. The molecule has 0 aliphatic carbocycles. The maximum Gasteiger partial charge on any atom is 0.129 e. The average molecular weight is 298 g/mol. The van der Waals surface area contributed by atoms with Crippen molar-refractivity contribution in [2.45, 2.75) is 33.4 Å². The van der Waals surface area contributed by atoms with Crippen molar-refractivity contribution in [3.05, 3.63) is 22.8 Å². The average Bonchev–Trinajstić information content (AvgIpc) is 2.40. The summed E-state index contributed by atoms with van der Waals surface area (Å²) in [7, 11) is 0. The fourth-order valence-corrected chi connectivity index (χ4v) is 2.45. The Morgan fingerprint density at radius 2 is 2.30 bits per heavy atom. The van der Waals surface area contributed by atoms with Crippen molar-refractivity contribution < 1.29 is 4.74 Å². The van der Waals surface area contributed by atoms with Gasteiger partial charge in [0.15, 0.2) is 0 Å². The van der Waals surface area contributed by atoms with Gasteiger partial charge in [0, 0.05) is 19.6 Å². The first kappa shape index (κ1) is 15.5. The zero-order valence-electron chi connectivity index (χ0n) is 12.5. The van der Waals surface area contributed by atoms with Crippen molar-refractivity contribution in [1.82, 2.24) is 10.3 Å². The van der Waals surface area contributed by atoms with E-state index in [9.17, 15) is 0 Å². The molecule has 112 valence electrons. The summed E-state index contributed by atoms with van der Waals surface area (Å²) >= 11 is 6.23. The van der Waals surface area contributed by atoms with E-state index in [1.807, 2.05) is 12.1 Å². The molecule has 1 aliphatic heterocycles. The van der Waals surface area contributed by atoms with Gasteiger partial charge in [0.1, 0.15) is 5.82 Å². The molecule has 0 aromatic carbocycles. The van der Waals surface area contributed by atoms with Crippen LogP contribution in [0.2, 0.25) is 5.02 Å². The third-order valence-corrected chi connectivity index (χ3v) is 3.66. The lowest BCUT2D eigenvalue weighted by Gasteiger charge is -2.32. The quantitative estimate of drug-likeness (QED) is 0.907. The second-order valence-corrected chi connectivity index (χ2v) is 6.16. The van der Waals surface area contributed by atoms with E-state index in [-0.39, 0.29) is 6.10 Å². The molecule has 0 radical (unpaired) electrons. The Morgan fingerprint density at radius 1 is 1.50 bits per heavy atom. The molecule has 1 unspecified atom stereocenters. The fourth-order valence-electron chi connectivity index (χ4n) is 2.28. The highest BCUT2D eigenvalue weighted by Gasteiger charge is 2.18. The third kappa shape index (κ3) is 4.33.